The lowest BCUT2D eigenvalue weighted by atomic mass is 10.2. The molecule has 1 N–H and O–H groups in total. The van der Waals surface area contributed by atoms with Crippen molar-refractivity contribution in [3.05, 3.63) is 54.4 Å². The SMILES string of the molecule is CCOC(=O)NC(=Nc1ccc(Oc2cc(OC)c(OC)c(OC)c2)cc1)n1ccc(C(=O)OCC)n1. The molecule has 196 valence electrons. The van der Waals surface area contributed by atoms with Crippen LogP contribution < -0.4 is 24.3 Å². The topological polar surface area (TPSA) is 132 Å². The number of amides is 1. The van der Waals surface area contributed by atoms with Crippen LogP contribution in [0.4, 0.5) is 10.5 Å². The van der Waals surface area contributed by atoms with E-state index in [1.54, 1.807) is 50.2 Å². The standard InChI is InChI=1S/C25H28N4O8/c1-6-35-23(30)19-12-13-29(28-19)24(27-25(31)36-7-2)26-16-8-10-17(11-9-16)37-18-14-20(32-3)22(34-5)21(15-18)33-4/h8-15H,6-7H2,1-5H3,(H,26,27,31). The van der Waals surface area contributed by atoms with Crippen LogP contribution in [0.25, 0.3) is 0 Å². The average Bonchev–Trinajstić information content (AvgIpc) is 3.39. The largest absolute Gasteiger partial charge is 0.493 e. The normalized spacial score (nSPS) is 10.9. The van der Waals surface area contributed by atoms with Crippen LogP contribution in [0.3, 0.4) is 0 Å². The molecule has 3 aromatic rings. The number of alkyl carbamates (subject to hydrolysis) is 1. The Morgan fingerprint density at radius 2 is 1.54 bits per heavy atom. The van der Waals surface area contributed by atoms with E-state index in [4.69, 9.17) is 28.4 Å². The van der Waals surface area contributed by atoms with E-state index in [0.717, 1.165) is 0 Å². The molecule has 0 unspecified atom stereocenters. The molecule has 0 radical (unpaired) electrons. The molecule has 0 fully saturated rings. The molecule has 37 heavy (non-hydrogen) atoms. The van der Waals surface area contributed by atoms with Gasteiger partial charge in [0.2, 0.25) is 11.7 Å². The van der Waals surface area contributed by atoms with Gasteiger partial charge in [-0.15, -0.1) is 0 Å². The summed E-state index contributed by atoms with van der Waals surface area (Å²) in [4.78, 5) is 28.5. The summed E-state index contributed by atoms with van der Waals surface area (Å²) in [6.45, 7) is 3.74. The predicted octanol–water partition coefficient (Wildman–Crippen LogP) is 4.16. The highest BCUT2D eigenvalue weighted by atomic mass is 16.6. The number of nitrogens with one attached hydrogen (secondary N) is 1. The van der Waals surface area contributed by atoms with Crippen molar-refractivity contribution in [2.24, 2.45) is 4.99 Å². The summed E-state index contributed by atoms with van der Waals surface area (Å²) in [5.74, 6) is 1.77. The minimum absolute atomic E-state index is 0.0206. The van der Waals surface area contributed by atoms with Gasteiger partial charge in [0, 0.05) is 18.3 Å². The van der Waals surface area contributed by atoms with Crippen LogP contribution in [0.2, 0.25) is 0 Å². The van der Waals surface area contributed by atoms with Gasteiger partial charge in [0.05, 0.1) is 40.2 Å². The number of esters is 1. The van der Waals surface area contributed by atoms with E-state index in [2.05, 4.69) is 15.4 Å². The highest BCUT2D eigenvalue weighted by Crippen LogP contribution is 2.42. The summed E-state index contributed by atoms with van der Waals surface area (Å²) >= 11 is 0. The van der Waals surface area contributed by atoms with Crippen molar-refractivity contribution in [2.75, 3.05) is 34.5 Å². The second-order valence-corrected chi connectivity index (χ2v) is 7.10. The number of rotatable bonds is 9. The molecule has 1 amide bonds. The molecule has 0 saturated heterocycles. The molecule has 0 bridgehead atoms. The third kappa shape index (κ3) is 6.90. The number of aromatic nitrogens is 2. The molecule has 1 heterocycles. The third-order valence-electron chi connectivity index (χ3n) is 4.73. The van der Waals surface area contributed by atoms with Gasteiger partial charge in [0.1, 0.15) is 11.5 Å². The lowest BCUT2D eigenvalue weighted by molar-refractivity contribution is 0.0519. The first-order valence-corrected chi connectivity index (χ1v) is 11.3. The predicted molar refractivity (Wildman–Crippen MR) is 133 cm³/mol. The fourth-order valence-corrected chi connectivity index (χ4v) is 3.11. The number of hydrogen-bond donors (Lipinski definition) is 1. The Hall–Kier alpha value is -4.74. The van der Waals surface area contributed by atoms with E-state index < -0.39 is 12.1 Å². The van der Waals surface area contributed by atoms with Crippen molar-refractivity contribution in [3.63, 3.8) is 0 Å². The van der Waals surface area contributed by atoms with Gasteiger partial charge in [-0.25, -0.2) is 19.3 Å². The van der Waals surface area contributed by atoms with Gasteiger partial charge in [0.25, 0.3) is 0 Å². The van der Waals surface area contributed by atoms with Crippen LogP contribution in [0, 0.1) is 0 Å². The van der Waals surface area contributed by atoms with Gasteiger partial charge in [-0.3, -0.25) is 5.32 Å². The van der Waals surface area contributed by atoms with Crippen LogP contribution in [-0.4, -0.2) is 62.3 Å². The van der Waals surface area contributed by atoms with Gasteiger partial charge in [-0.1, -0.05) is 0 Å². The van der Waals surface area contributed by atoms with Gasteiger partial charge < -0.3 is 28.4 Å². The average molecular weight is 513 g/mol. The maximum Gasteiger partial charge on any atom is 0.414 e. The molecule has 3 rings (SSSR count). The monoisotopic (exact) mass is 512 g/mol. The molecule has 0 aliphatic heterocycles. The maximum absolute atomic E-state index is 12.1. The molecule has 12 heteroatoms. The van der Waals surface area contributed by atoms with E-state index in [1.165, 1.54) is 38.3 Å². The lowest BCUT2D eigenvalue weighted by Crippen LogP contribution is -2.36. The molecule has 2 aromatic carbocycles. The zero-order valence-corrected chi connectivity index (χ0v) is 21.1. The minimum atomic E-state index is -0.725. The second kappa shape index (κ2) is 12.8. The van der Waals surface area contributed by atoms with Gasteiger partial charge in [-0.05, 0) is 44.2 Å². The Kier molecular flexibility index (Phi) is 9.30. The van der Waals surface area contributed by atoms with Crippen LogP contribution in [0.5, 0.6) is 28.7 Å². The molecular formula is C25H28N4O8. The van der Waals surface area contributed by atoms with Crippen molar-refractivity contribution in [2.45, 2.75) is 13.8 Å². The molecule has 0 spiro atoms. The first kappa shape index (κ1) is 26.9. The number of benzene rings is 2. The minimum Gasteiger partial charge on any atom is -0.493 e. The third-order valence-corrected chi connectivity index (χ3v) is 4.73. The van der Waals surface area contributed by atoms with E-state index in [9.17, 15) is 9.59 Å². The maximum atomic E-state index is 12.1. The highest BCUT2D eigenvalue weighted by Gasteiger charge is 2.16. The van der Waals surface area contributed by atoms with Gasteiger partial charge in [0.15, 0.2) is 17.2 Å². The zero-order chi connectivity index (χ0) is 26.8. The fourth-order valence-electron chi connectivity index (χ4n) is 3.11. The number of methoxy groups -OCH3 is 3. The summed E-state index contributed by atoms with van der Waals surface area (Å²) in [5.41, 5.74) is 0.534. The van der Waals surface area contributed by atoms with Crippen molar-refractivity contribution in [1.29, 1.82) is 0 Å². The van der Waals surface area contributed by atoms with E-state index in [0.29, 0.717) is 34.4 Å². The van der Waals surface area contributed by atoms with E-state index in [1.807, 2.05) is 0 Å². The number of nitrogens with zero attached hydrogens (tertiary/aromatic N) is 3. The molecular weight excluding hydrogens is 484 g/mol. The smallest absolute Gasteiger partial charge is 0.414 e. The molecule has 12 nitrogen and oxygen atoms in total. The van der Waals surface area contributed by atoms with Gasteiger partial charge >= 0.3 is 12.1 Å². The summed E-state index contributed by atoms with van der Waals surface area (Å²) in [6.07, 6.45) is 0.746. The second-order valence-electron chi connectivity index (χ2n) is 7.10. The summed E-state index contributed by atoms with van der Waals surface area (Å²) in [6, 6.07) is 11.5. The molecule has 0 aliphatic carbocycles. The quantitative estimate of drug-likeness (QED) is 0.255. The Morgan fingerprint density at radius 3 is 2.11 bits per heavy atom. The van der Waals surface area contributed by atoms with Crippen LogP contribution in [-0.2, 0) is 9.47 Å². The van der Waals surface area contributed by atoms with Crippen molar-refractivity contribution < 1.29 is 38.0 Å². The van der Waals surface area contributed by atoms with Crippen molar-refractivity contribution in [1.82, 2.24) is 15.1 Å². The fraction of sp³-hybridized carbons (Fsp3) is 0.280. The number of hydrogen-bond acceptors (Lipinski definition) is 10. The van der Waals surface area contributed by atoms with Crippen LogP contribution in [0.15, 0.2) is 53.7 Å². The summed E-state index contributed by atoms with van der Waals surface area (Å²) in [5, 5.41) is 6.66. The summed E-state index contributed by atoms with van der Waals surface area (Å²) in [7, 11) is 4.56. The molecule has 1 aromatic heterocycles. The number of carbonyl (C=O) groups is 2. The van der Waals surface area contributed by atoms with Crippen molar-refractivity contribution >= 4 is 23.7 Å². The van der Waals surface area contributed by atoms with E-state index >= 15 is 0 Å². The number of carbonyl (C=O) groups excluding carboxylic acids is 2. The Balaban J connectivity index is 1.86. The Morgan fingerprint density at radius 1 is 0.892 bits per heavy atom. The first-order valence-electron chi connectivity index (χ1n) is 11.3. The zero-order valence-electron chi connectivity index (χ0n) is 21.1. The Labute approximate surface area is 213 Å². The lowest BCUT2D eigenvalue weighted by Gasteiger charge is -2.14. The Bertz CT molecular complexity index is 1230. The van der Waals surface area contributed by atoms with Gasteiger partial charge in [-0.2, -0.15) is 5.10 Å². The summed E-state index contributed by atoms with van der Waals surface area (Å²) < 4.78 is 33.1. The highest BCUT2D eigenvalue weighted by molar-refractivity contribution is 5.96. The first-order chi connectivity index (χ1) is 17.9. The van der Waals surface area contributed by atoms with Crippen LogP contribution in [0.1, 0.15) is 24.3 Å². The molecule has 0 aliphatic rings. The van der Waals surface area contributed by atoms with Crippen LogP contribution >= 0.6 is 0 Å². The number of ether oxygens (including phenoxy) is 6. The van der Waals surface area contributed by atoms with Crippen molar-refractivity contribution in [3.8, 4) is 28.7 Å². The molecule has 0 saturated carbocycles. The number of aliphatic imine (C=N–C) groups is 1. The molecule has 0 atom stereocenters. The van der Waals surface area contributed by atoms with E-state index in [-0.39, 0.29) is 24.9 Å².